The van der Waals surface area contributed by atoms with Crippen LogP contribution in [0.4, 0.5) is 0 Å². The molecule has 0 spiro atoms. The van der Waals surface area contributed by atoms with Crippen molar-refractivity contribution in [2.45, 2.75) is 19.6 Å². The number of nitrogens with zero attached hydrogens (tertiary/aromatic N) is 1. The fourth-order valence-electron chi connectivity index (χ4n) is 1.85. The Morgan fingerprint density at radius 2 is 2.23 bits per heavy atom. The molecule has 22 heavy (non-hydrogen) atoms. The number of ether oxygens (including phenoxy) is 1. The molecule has 118 valence electrons. The number of hydrogen-bond acceptors (Lipinski definition) is 5. The van der Waals surface area contributed by atoms with Gasteiger partial charge in [-0.25, -0.2) is 0 Å². The molecule has 1 heterocycles. The fraction of sp³-hybridized carbons (Fsp3) is 0.375. The number of carbonyl (C=O) groups is 1. The van der Waals surface area contributed by atoms with Crippen LogP contribution in [0.1, 0.15) is 17.0 Å². The van der Waals surface area contributed by atoms with E-state index in [2.05, 4.69) is 10.5 Å². The Morgan fingerprint density at radius 1 is 1.36 bits per heavy atom. The van der Waals surface area contributed by atoms with Crippen LogP contribution in [0.5, 0.6) is 5.75 Å². The first-order chi connectivity index (χ1) is 10.6. The third kappa shape index (κ3) is 5.81. The maximum Gasteiger partial charge on any atom is 0.230 e. The maximum atomic E-state index is 11.7. The van der Waals surface area contributed by atoms with Gasteiger partial charge in [-0.1, -0.05) is 17.3 Å². The predicted octanol–water partition coefficient (Wildman–Crippen LogP) is 2.72. The molecule has 1 aromatic heterocycles. The van der Waals surface area contributed by atoms with Crippen molar-refractivity contribution >= 4 is 17.7 Å². The monoisotopic (exact) mass is 320 g/mol. The smallest absolute Gasteiger partial charge is 0.230 e. The Hall–Kier alpha value is -1.95. The molecule has 0 aliphatic heterocycles. The highest BCUT2D eigenvalue weighted by molar-refractivity contribution is 7.99. The molecular formula is C16H20N2O3S. The van der Waals surface area contributed by atoms with E-state index in [-0.39, 0.29) is 5.91 Å². The predicted molar refractivity (Wildman–Crippen MR) is 87.1 cm³/mol. The van der Waals surface area contributed by atoms with Crippen molar-refractivity contribution in [3.63, 3.8) is 0 Å². The molecule has 2 rings (SSSR count). The summed E-state index contributed by atoms with van der Waals surface area (Å²) in [6, 6.07) is 9.72. The van der Waals surface area contributed by atoms with Crippen LogP contribution in [0, 0.1) is 13.8 Å². The zero-order valence-electron chi connectivity index (χ0n) is 12.8. The molecule has 0 radical (unpaired) electrons. The summed E-state index contributed by atoms with van der Waals surface area (Å²) < 4.78 is 10.5. The van der Waals surface area contributed by atoms with Crippen molar-refractivity contribution in [1.29, 1.82) is 0 Å². The normalized spacial score (nSPS) is 10.5. The van der Waals surface area contributed by atoms with Gasteiger partial charge < -0.3 is 14.6 Å². The van der Waals surface area contributed by atoms with E-state index < -0.39 is 0 Å². The van der Waals surface area contributed by atoms with E-state index in [1.165, 1.54) is 11.8 Å². The van der Waals surface area contributed by atoms with Crippen molar-refractivity contribution in [3.05, 3.63) is 47.3 Å². The zero-order chi connectivity index (χ0) is 15.8. The number of aromatic nitrogens is 1. The second kappa shape index (κ2) is 8.48. The lowest BCUT2D eigenvalue weighted by Gasteiger charge is -2.08. The minimum Gasteiger partial charge on any atom is -0.492 e. The topological polar surface area (TPSA) is 64.4 Å². The van der Waals surface area contributed by atoms with Gasteiger partial charge in [0.05, 0.1) is 18.0 Å². The first kappa shape index (κ1) is 16.4. The lowest BCUT2D eigenvalue weighted by Crippen LogP contribution is -2.29. The van der Waals surface area contributed by atoms with Crippen molar-refractivity contribution in [3.8, 4) is 5.75 Å². The third-order valence-corrected chi connectivity index (χ3v) is 3.81. The van der Waals surface area contributed by atoms with E-state index in [0.29, 0.717) is 24.7 Å². The molecule has 2 aromatic rings. The number of aryl methyl sites for hydroxylation is 2. The summed E-state index contributed by atoms with van der Waals surface area (Å²) in [5, 5.41) is 6.71. The van der Waals surface area contributed by atoms with Crippen molar-refractivity contribution in [1.82, 2.24) is 10.5 Å². The van der Waals surface area contributed by atoms with Crippen molar-refractivity contribution < 1.29 is 14.1 Å². The van der Waals surface area contributed by atoms with Crippen molar-refractivity contribution in [2.75, 3.05) is 18.9 Å². The second-order valence-electron chi connectivity index (χ2n) is 4.94. The average molecular weight is 320 g/mol. The van der Waals surface area contributed by atoms with Crippen LogP contribution in [0.15, 0.2) is 34.9 Å². The maximum absolute atomic E-state index is 11.7. The molecule has 0 aliphatic rings. The number of thioether (sulfide) groups is 1. The molecule has 1 aromatic carbocycles. The summed E-state index contributed by atoms with van der Waals surface area (Å²) in [6.07, 6.45) is 0. The van der Waals surface area contributed by atoms with Gasteiger partial charge in [-0.15, -0.1) is 11.8 Å². The van der Waals surface area contributed by atoms with Crippen LogP contribution in [0.2, 0.25) is 0 Å². The molecular weight excluding hydrogens is 300 g/mol. The molecule has 0 aliphatic carbocycles. The van der Waals surface area contributed by atoms with Crippen molar-refractivity contribution in [2.24, 2.45) is 0 Å². The summed E-state index contributed by atoms with van der Waals surface area (Å²) in [7, 11) is 0. The average Bonchev–Trinajstić information content (AvgIpc) is 2.89. The van der Waals surface area contributed by atoms with Crippen LogP contribution in [-0.4, -0.2) is 30.0 Å². The number of benzene rings is 1. The van der Waals surface area contributed by atoms with Crippen LogP contribution >= 0.6 is 11.8 Å². The number of rotatable bonds is 8. The first-order valence-electron chi connectivity index (χ1n) is 7.09. The summed E-state index contributed by atoms with van der Waals surface area (Å²) >= 11 is 1.51. The van der Waals surface area contributed by atoms with Crippen LogP contribution in [-0.2, 0) is 10.5 Å². The summed E-state index contributed by atoms with van der Waals surface area (Å²) in [4.78, 5) is 11.7. The van der Waals surface area contributed by atoms with E-state index in [9.17, 15) is 4.79 Å². The fourth-order valence-corrected chi connectivity index (χ4v) is 2.58. The van der Waals surface area contributed by atoms with E-state index in [1.807, 2.05) is 44.2 Å². The van der Waals surface area contributed by atoms with Gasteiger partial charge in [0.1, 0.15) is 18.1 Å². The van der Waals surface area contributed by atoms with E-state index in [0.717, 1.165) is 22.8 Å². The summed E-state index contributed by atoms with van der Waals surface area (Å²) in [5.74, 6) is 2.68. The number of hydrogen-bond donors (Lipinski definition) is 1. The Morgan fingerprint density at radius 3 is 2.95 bits per heavy atom. The lowest BCUT2D eigenvalue weighted by molar-refractivity contribution is -0.118. The highest BCUT2D eigenvalue weighted by Crippen LogP contribution is 2.12. The third-order valence-electron chi connectivity index (χ3n) is 2.84. The van der Waals surface area contributed by atoms with E-state index >= 15 is 0 Å². The minimum absolute atomic E-state index is 0.00180. The number of amides is 1. The van der Waals surface area contributed by atoms with Gasteiger partial charge in [0.25, 0.3) is 0 Å². The van der Waals surface area contributed by atoms with E-state index in [1.54, 1.807) is 0 Å². The largest absolute Gasteiger partial charge is 0.492 e. The van der Waals surface area contributed by atoms with Gasteiger partial charge >= 0.3 is 0 Å². The molecule has 0 atom stereocenters. The molecule has 1 N–H and O–H groups in total. The second-order valence-corrected chi connectivity index (χ2v) is 5.92. The first-order valence-corrected chi connectivity index (χ1v) is 8.25. The Kier molecular flexibility index (Phi) is 6.33. The molecule has 0 saturated heterocycles. The highest BCUT2D eigenvalue weighted by Gasteiger charge is 2.04. The molecule has 0 unspecified atom stereocenters. The number of carbonyl (C=O) groups excluding carboxylic acids is 1. The van der Waals surface area contributed by atoms with Gasteiger partial charge in [0.2, 0.25) is 5.91 Å². The molecule has 0 fully saturated rings. The van der Waals surface area contributed by atoms with Gasteiger partial charge in [-0.3, -0.25) is 4.79 Å². The Bertz CT molecular complexity index is 613. The standard InChI is InChI=1S/C16H20N2O3S/c1-12-4-3-5-15(8-12)20-7-6-17-16(19)11-22-10-14-9-13(2)21-18-14/h3-5,8-9H,6-7,10-11H2,1-2H3,(H,17,19). The highest BCUT2D eigenvalue weighted by atomic mass is 32.2. The molecule has 6 heteroatoms. The van der Waals surface area contributed by atoms with Gasteiger partial charge in [-0.05, 0) is 31.5 Å². The van der Waals surface area contributed by atoms with Crippen LogP contribution < -0.4 is 10.1 Å². The van der Waals surface area contributed by atoms with E-state index in [4.69, 9.17) is 9.26 Å². The Balaban J connectivity index is 1.56. The molecule has 0 saturated carbocycles. The summed E-state index contributed by atoms with van der Waals surface area (Å²) in [6.45, 7) is 4.82. The van der Waals surface area contributed by atoms with Crippen LogP contribution in [0.25, 0.3) is 0 Å². The minimum atomic E-state index is -0.00180. The SMILES string of the molecule is Cc1cccc(OCCNC(=O)CSCc2cc(C)on2)c1. The molecule has 1 amide bonds. The zero-order valence-corrected chi connectivity index (χ0v) is 13.6. The Labute approximate surface area is 134 Å². The lowest BCUT2D eigenvalue weighted by atomic mass is 10.2. The summed E-state index contributed by atoms with van der Waals surface area (Å²) in [5.41, 5.74) is 2.01. The van der Waals surface area contributed by atoms with Gasteiger partial charge in [-0.2, -0.15) is 0 Å². The van der Waals surface area contributed by atoms with Crippen LogP contribution in [0.3, 0.4) is 0 Å². The molecule has 5 nitrogen and oxygen atoms in total. The quantitative estimate of drug-likeness (QED) is 0.758. The van der Waals surface area contributed by atoms with Gasteiger partial charge in [0.15, 0.2) is 0 Å². The van der Waals surface area contributed by atoms with Gasteiger partial charge in [0, 0.05) is 11.8 Å². The number of nitrogens with one attached hydrogen (secondary N) is 1. The molecule has 0 bridgehead atoms.